The Bertz CT molecular complexity index is 703. The van der Waals surface area contributed by atoms with Crippen LogP contribution in [0.5, 0.6) is 0 Å². The first-order valence-electron chi connectivity index (χ1n) is 8.71. The molecule has 2 atom stereocenters. The summed E-state index contributed by atoms with van der Waals surface area (Å²) in [7, 11) is -3.33. The average molecular weight is 370 g/mol. The quantitative estimate of drug-likeness (QED) is 0.727. The smallest absolute Gasteiger partial charge is 0.313 e. The molecule has 0 bridgehead atoms. The molecule has 1 aromatic heterocycles. The molecular weight excluding hydrogens is 344 g/mol. The van der Waals surface area contributed by atoms with E-state index in [-0.39, 0.29) is 18.4 Å². The highest BCUT2D eigenvalue weighted by Gasteiger charge is 2.55. The number of nitrogens with zero attached hydrogens (tertiary/aromatic N) is 2. The van der Waals surface area contributed by atoms with Crippen molar-refractivity contribution in [3.8, 4) is 0 Å². The lowest BCUT2D eigenvalue weighted by Gasteiger charge is -2.31. The molecule has 1 aromatic rings. The Hall–Kier alpha value is -1.38. The Labute approximate surface area is 149 Å². The number of esters is 1. The van der Waals surface area contributed by atoms with Crippen molar-refractivity contribution in [2.24, 2.45) is 11.3 Å². The lowest BCUT2D eigenvalue weighted by atomic mass is 9.75. The number of carbonyl (C=O) groups excluding carboxylic acids is 1. The van der Waals surface area contributed by atoms with Crippen molar-refractivity contribution in [3.05, 3.63) is 24.2 Å². The molecule has 2 saturated heterocycles. The van der Waals surface area contributed by atoms with E-state index in [2.05, 4.69) is 4.90 Å². The summed E-state index contributed by atoms with van der Waals surface area (Å²) in [6.45, 7) is 5.00. The minimum atomic E-state index is -3.33. The van der Waals surface area contributed by atoms with Crippen LogP contribution in [0.2, 0.25) is 0 Å². The molecule has 2 fully saturated rings. The molecule has 0 aromatic carbocycles. The fourth-order valence-corrected chi connectivity index (χ4v) is 5.03. The van der Waals surface area contributed by atoms with E-state index in [4.69, 9.17) is 9.15 Å². The Morgan fingerprint density at radius 3 is 2.88 bits per heavy atom. The maximum absolute atomic E-state index is 12.8. The molecule has 0 saturated carbocycles. The van der Waals surface area contributed by atoms with Crippen LogP contribution in [0.1, 0.15) is 25.3 Å². The molecule has 0 aliphatic carbocycles. The van der Waals surface area contributed by atoms with Gasteiger partial charge >= 0.3 is 5.97 Å². The third kappa shape index (κ3) is 3.75. The normalized spacial score (nSPS) is 28.5. The molecule has 0 radical (unpaired) electrons. The molecule has 25 heavy (non-hydrogen) atoms. The van der Waals surface area contributed by atoms with E-state index < -0.39 is 15.4 Å². The third-order valence-electron chi connectivity index (χ3n) is 5.38. The summed E-state index contributed by atoms with van der Waals surface area (Å²) in [5.74, 6) is -0.313. The van der Waals surface area contributed by atoms with Crippen LogP contribution < -0.4 is 0 Å². The van der Waals surface area contributed by atoms with Gasteiger partial charge in [-0.3, -0.25) is 9.69 Å². The van der Waals surface area contributed by atoms with Gasteiger partial charge in [-0.1, -0.05) is 0 Å². The SMILES string of the molecule is CCOC(=O)[C@]12CCCN(Cc3ccoc3)C[C@H]1CN(S(C)(=O)=O)C2. The standard InChI is InChI=1S/C17H26N2O5S/c1-3-24-16(20)17-6-4-7-18(9-14-5-8-23-12-14)10-15(17)11-19(13-17)25(2,21)22/h5,8,12,15H,3-4,6-7,9-11,13H2,1-2H3/t15-,17-/m0/s1. The second-order valence-electron chi connectivity index (χ2n) is 7.10. The summed E-state index contributed by atoms with van der Waals surface area (Å²) < 4.78 is 36.1. The molecule has 0 amide bonds. The average Bonchev–Trinajstić information content (AvgIpc) is 3.13. The lowest BCUT2D eigenvalue weighted by Crippen LogP contribution is -2.42. The van der Waals surface area contributed by atoms with E-state index in [9.17, 15) is 13.2 Å². The van der Waals surface area contributed by atoms with Gasteiger partial charge in [0.2, 0.25) is 10.0 Å². The van der Waals surface area contributed by atoms with Crippen LogP contribution in [-0.2, 0) is 26.1 Å². The Morgan fingerprint density at radius 1 is 1.44 bits per heavy atom. The van der Waals surface area contributed by atoms with E-state index in [0.717, 1.165) is 25.1 Å². The molecule has 0 unspecified atom stereocenters. The first kappa shape index (κ1) is 18.4. The van der Waals surface area contributed by atoms with Crippen LogP contribution in [0.15, 0.2) is 23.0 Å². The number of hydrogen-bond donors (Lipinski definition) is 0. The topological polar surface area (TPSA) is 80.1 Å². The number of hydrogen-bond acceptors (Lipinski definition) is 6. The largest absolute Gasteiger partial charge is 0.472 e. The molecule has 7 nitrogen and oxygen atoms in total. The molecule has 3 heterocycles. The van der Waals surface area contributed by atoms with Gasteiger partial charge in [0, 0.05) is 37.7 Å². The van der Waals surface area contributed by atoms with E-state index in [1.165, 1.54) is 10.6 Å². The van der Waals surface area contributed by atoms with Crippen molar-refractivity contribution in [2.75, 3.05) is 39.0 Å². The Balaban J connectivity index is 1.84. The second-order valence-corrected chi connectivity index (χ2v) is 9.08. The molecule has 3 rings (SSSR count). The molecule has 2 aliphatic heterocycles. The summed E-state index contributed by atoms with van der Waals surface area (Å²) in [6, 6.07) is 1.93. The number of likely N-dealkylation sites (tertiary alicyclic amines) is 1. The Morgan fingerprint density at radius 2 is 2.24 bits per heavy atom. The summed E-state index contributed by atoms with van der Waals surface area (Å²) in [5, 5.41) is 0. The van der Waals surface area contributed by atoms with Gasteiger partial charge in [0.25, 0.3) is 0 Å². The molecular formula is C17H26N2O5S. The van der Waals surface area contributed by atoms with Gasteiger partial charge < -0.3 is 9.15 Å². The van der Waals surface area contributed by atoms with E-state index in [1.54, 1.807) is 19.5 Å². The molecule has 140 valence electrons. The highest BCUT2D eigenvalue weighted by Crippen LogP contribution is 2.44. The number of ether oxygens (including phenoxy) is 1. The zero-order chi connectivity index (χ0) is 18.1. The fraction of sp³-hybridized carbons (Fsp3) is 0.706. The predicted molar refractivity (Wildman–Crippen MR) is 92.2 cm³/mol. The maximum atomic E-state index is 12.8. The van der Waals surface area contributed by atoms with Gasteiger partial charge in [-0.15, -0.1) is 0 Å². The van der Waals surface area contributed by atoms with Crippen molar-refractivity contribution < 1.29 is 22.4 Å². The second kappa shape index (κ2) is 7.09. The van der Waals surface area contributed by atoms with Crippen LogP contribution in [0.4, 0.5) is 0 Å². The summed E-state index contributed by atoms with van der Waals surface area (Å²) in [4.78, 5) is 15.1. The van der Waals surface area contributed by atoms with E-state index >= 15 is 0 Å². The van der Waals surface area contributed by atoms with Gasteiger partial charge in [0.05, 0.1) is 30.8 Å². The number of rotatable bonds is 5. The summed E-state index contributed by atoms with van der Waals surface area (Å²) in [5.41, 5.74) is 0.353. The molecule has 2 aliphatic rings. The zero-order valence-electron chi connectivity index (χ0n) is 14.8. The molecule has 8 heteroatoms. The van der Waals surface area contributed by atoms with Crippen molar-refractivity contribution in [2.45, 2.75) is 26.3 Å². The number of sulfonamides is 1. The van der Waals surface area contributed by atoms with Crippen LogP contribution in [0.3, 0.4) is 0 Å². The minimum absolute atomic E-state index is 0.0596. The zero-order valence-corrected chi connectivity index (χ0v) is 15.6. The molecule has 0 N–H and O–H groups in total. The van der Waals surface area contributed by atoms with Gasteiger partial charge in [-0.25, -0.2) is 12.7 Å². The van der Waals surface area contributed by atoms with Gasteiger partial charge in [-0.05, 0) is 32.4 Å². The van der Waals surface area contributed by atoms with Crippen molar-refractivity contribution in [3.63, 3.8) is 0 Å². The first-order chi connectivity index (χ1) is 11.8. The number of carbonyl (C=O) groups is 1. The minimum Gasteiger partial charge on any atom is -0.472 e. The Kier molecular flexibility index (Phi) is 5.22. The maximum Gasteiger partial charge on any atom is 0.313 e. The predicted octanol–water partition coefficient (Wildman–Crippen LogP) is 1.32. The highest BCUT2D eigenvalue weighted by atomic mass is 32.2. The van der Waals surface area contributed by atoms with Crippen LogP contribution in [0.25, 0.3) is 0 Å². The van der Waals surface area contributed by atoms with E-state index in [0.29, 0.717) is 26.1 Å². The van der Waals surface area contributed by atoms with Crippen molar-refractivity contribution in [1.29, 1.82) is 0 Å². The number of furan rings is 1. The molecule has 0 spiro atoms. The summed E-state index contributed by atoms with van der Waals surface area (Å²) >= 11 is 0. The van der Waals surface area contributed by atoms with Crippen molar-refractivity contribution >= 4 is 16.0 Å². The lowest BCUT2D eigenvalue weighted by molar-refractivity contribution is -0.157. The summed E-state index contributed by atoms with van der Waals surface area (Å²) in [6.07, 6.45) is 6.08. The first-order valence-corrected chi connectivity index (χ1v) is 10.6. The highest BCUT2D eigenvalue weighted by molar-refractivity contribution is 7.88. The number of fused-ring (bicyclic) bond motifs is 1. The van der Waals surface area contributed by atoms with Crippen LogP contribution in [-0.4, -0.2) is 62.6 Å². The third-order valence-corrected chi connectivity index (χ3v) is 6.59. The fourth-order valence-electron chi connectivity index (χ4n) is 4.11. The van der Waals surface area contributed by atoms with Crippen molar-refractivity contribution in [1.82, 2.24) is 9.21 Å². The van der Waals surface area contributed by atoms with Crippen LogP contribution in [0, 0.1) is 11.3 Å². The van der Waals surface area contributed by atoms with E-state index in [1.807, 2.05) is 6.07 Å². The van der Waals surface area contributed by atoms with Crippen LogP contribution >= 0.6 is 0 Å². The monoisotopic (exact) mass is 370 g/mol. The van der Waals surface area contributed by atoms with Gasteiger partial charge in [-0.2, -0.15) is 0 Å². The van der Waals surface area contributed by atoms with Gasteiger partial charge in [0.15, 0.2) is 0 Å². The van der Waals surface area contributed by atoms with Gasteiger partial charge in [0.1, 0.15) is 0 Å².